The minimum atomic E-state index is -3.77. The van der Waals surface area contributed by atoms with E-state index in [-0.39, 0.29) is 41.7 Å². The van der Waals surface area contributed by atoms with Gasteiger partial charge < -0.3 is 18.7 Å². The first-order chi connectivity index (χ1) is 15.9. The number of benzene rings is 2. The Morgan fingerprint density at radius 2 is 1.91 bits per heavy atom. The third kappa shape index (κ3) is 5.85. The maximum absolute atomic E-state index is 12.3. The number of aromatic nitrogens is 2. The van der Waals surface area contributed by atoms with E-state index < -0.39 is 16.0 Å². The van der Waals surface area contributed by atoms with Gasteiger partial charge in [-0.2, -0.15) is 10.2 Å². The van der Waals surface area contributed by atoms with Gasteiger partial charge in [-0.1, -0.05) is 5.16 Å². The van der Waals surface area contributed by atoms with E-state index in [1.54, 1.807) is 18.2 Å². The summed E-state index contributed by atoms with van der Waals surface area (Å²) in [5, 5.41) is 12.4. The lowest BCUT2D eigenvalue weighted by atomic mass is 10.2. The van der Waals surface area contributed by atoms with Crippen LogP contribution in [0.15, 0.2) is 51.9 Å². The van der Waals surface area contributed by atoms with Crippen molar-refractivity contribution in [3.05, 3.63) is 53.9 Å². The van der Waals surface area contributed by atoms with Crippen molar-refractivity contribution in [3.8, 4) is 29.0 Å². The Bertz CT molecular complexity index is 1260. The van der Waals surface area contributed by atoms with Crippen molar-refractivity contribution >= 4 is 16.0 Å². The van der Waals surface area contributed by atoms with Gasteiger partial charge in [0.25, 0.3) is 5.89 Å². The molecule has 0 saturated carbocycles. The number of carbonyl (C=O) groups excluding carboxylic acids is 1. The van der Waals surface area contributed by atoms with Crippen LogP contribution in [0.2, 0.25) is 0 Å². The summed E-state index contributed by atoms with van der Waals surface area (Å²) in [6.45, 7) is -0.280. The molecule has 3 aromatic rings. The van der Waals surface area contributed by atoms with Gasteiger partial charge in [-0.05, 0) is 36.4 Å². The number of hydrogen-bond acceptors (Lipinski definition) is 10. The van der Waals surface area contributed by atoms with E-state index in [0.717, 1.165) is 0 Å². The third-order valence-corrected chi connectivity index (χ3v) is 5.85. The molecule has 0 amide bonds. The van der Waals surface area contributed by atoms with Crippen LogP contribution in [0.25, 0.3) is 11.4 Å². The number of nitrogens with one attached hydrogen (secondary N) is 1. The number of sulfonamides is 1. The van der Waals surface area contributed by atoms with Crippen LogP contribution >= 0.6 is 0 Å². The Morgan fingerprint density at radius 1 is 1.15 bits per heavy atom. The SMILES string of the molecule is COc1ccc(-c2noc(COC(=O)c3ccc(S(=O)(=O)NCCC#N)cc3)n2)c(OC)c1. The van der Waals surface area contributed by atoms with Crippen molar-refractivity contribution in [3.63, 3.8) is 0 Å². The molecular formula is C21H20N4O7S. The van der Waals surface area contributed by atoms with Gasteiger partial charge in [-0.15, -0.1) is 0 Å². The summed E-state index contributed by atoms with van der Waals surface area (Å²) in [5.41, 5.74) is 0.711. The average Bonchev–Trinajstić information content (AvgIpc) is 3.31. The zero-order valence-electron chi connectivity index (χ0n) is 17.8. The predicted octanol–water partition coefficient (Wildman–Crippen LogP) is 2.30. The Kier molecular flexibility index (Phi) is 7.60. The van der Waals surface area contributed by atoms with Crippen molar-refractivity contribution in [2.24, 2.45) is 0 Å². The Balaban J connectivity index is 1.63. The molecule has 0 aliphatic rings. The molecule has 0 aliphatic heterocycles. The second-order valence-electron chi connectivity index (χ2n) is 6.48. The number of hydrogen-bond donors (Lipinski definition) is 1. The number of nitriles is 1. The van der Waals surface area contributed by atoms with Gasteiger partial charge in [0.1, 0.15) is 11.5 Å². The summed E-state index contributed by atoms with van der Waals surface area (Å²) in [7, 11) is -0.731. The number of esters is 1. The summed E-state index contributed by atoms with van der Waals surface area (Å²) >= 11 is 0. The summed E-state index contributed by atoms with van der Waals surface area (Å²) in [6, 6.07) is 12.1. The van der Waals surface area contributed by atoms with Crippen LogP contribution in [0.3, 0.4) is 0 Å². The molecule has 11 nitrogen and oxygen atoms in total. The van der Waals surface area contributed by atoms with Crippen molar-refractivity contribution in [1.82, 2.24) is 14.9 Å². The zero-order valence-corrected chi connectivity index (χ0v) is 18.6. The van der Waals surface area contributed by atoms with E-state index in [0.29, 0.717) is 17.1 Å². The van der Waals surface area contributed by atoms with Crippen LogP contribution in [0.5, 0.6) is 11.5 Å². The Morgan fingerprint density at radius 3 is 2.58 bits per heavy atom. The van der Waals surface area contributed by atoms with E-state index in [2.05, 4.69) is 14.9 Å². The first-order valence-corrected chi connectivity index (χ1v) is 11.0. The van der Waals surface area contributed by atoms with Crippen molar-refractivity contribution in [2.75, 3.05) is 20.8 Å². The molecule has 0 spiro atoms. The van der Waals surface area contributed by atoms with E-state index in [1.165, 1.54) is 38.5 Å². The van der Waals surface area contributed by atoms with Gasteiger partial charge in [0.2, 0.25) is 15.8 Å². The minimum absolute atomic E-state index is 0.00278. The zero-order chi connectivity index (χ0) is 23.8. The van der Waals surface area contributed by atoms with Crippen molar-refractivity contribution in [1.29, 1.82) is 5.26 Å². The van der Waals surface area contributed by atoms with E-state index in [9.17, 15) is 13.2 Å². The first-order valence-electron chi connectivity index (χ1n) is 9.56. The Labute approximate surface area is 189 Å². The van der Waals surface area contributed by atoms with Gasteiger partial charge in [-0.25, -0.2) is 17.9 Å². The van der Waals surface area contributed by atoms with Crippen molar-refractivity contribution < 1.29 is 31.9 Å². The average molecular weight is 472 g/mol. The summed E-state index contributed by atoms with van der Waals surface area (Å²) in [4.78, 5) is 16.5. The highest BCUT2D eigenvalue weighted by Gasteiger charge is 2.17. The number of ether oxygens (including phenoxy) is 3. The number of rotatable bonds is 10. The van der Waals surface area contributed by atoms with E-state index >= 15 is 0 Å². The highest BCUT2D eigenvalue weighted by molar-refractivity contribution is 7.89. The van der Waals surface area contributed by atoms with Gasteiger partial charge in [0.05, 0.1) is 36.3 Å². The molecule has 0 bridgehead atoms. The summed E-state index contributed by atoms with van der Waals surface area (Å²) in [5.74, 6) is 0.704. The molecule has 0 radical (unpaired) electrons. The van der Waals surface area contributed by atoms with Crippen LogP contribution in [0.1, 0.15) is 22.7 Å². The molecule has 172 valence electrons. The molecule has 12 heteroatoms. The van der Waals surface area contributed by atoms with E-state index in [1.807, 2.05) is 6.07 Å². The fraction of sp³-hybridized carbons (Fsp3) is 0.238. The van der Waals surface area contributed by atoms with Crippen LogP contribution in [-0.2, 0) is 21.4 Å². The number of methoxy groups -OCH3 is 2. The Hall–Kier alpha value is -3.95. The van der Waals surface area contributed by atoms with Crippen LogP contribution in [-0.4, -0.2) is 45.3 Å². The third-order valence-electron chi connectivity index (χ3n) is 4.37. The molecule has 0 fully saturated rings. The van der Waals surface area contributed by atoms with Gasteiger partial charge in [0, 0.05) is 19.0 Å². The second kappa shape index (κ2) is 10.6. The molecule has 1 aromatic heterocycles. The fourth-order valence-electron chi connectivity index (χ4n) is 2.71. The monoisotopic (exact) mass is 472 g/mol. The van der Waals surface area contributed by atoms with Gasteiger partial charge >= 0.3 is 5.97 Å². The largest absolute Gasteiger partial charge is 0.497 e. The summed E-state index contributed by atoms with van der Waals surface area (Å²) in [6.07, 6.45) is 0.0479. The molecular weight excluding hydrogens is 452 g/mol. The predicted molar refractivity (Wildman–Crippen MR) is 114 cm³/mol. The molecule has 2 aromatic carbocycles. The fourth-order valence-corrected chi connectivity index (χ4v) is 3.74. The molecule has 1 heterocycles. The smallest absolute Gasteiger partial charge is 0.338 e. The summed E-state index contributed by atoms with van der Waals surface area (Å²) < 4.78 is 47.3. The van der Waals surface area contributed by atoms with Gasteiger partial charge in [-0.3, -0.25) is 0 Å². The second-order valence-corrected chi connectivity index (χ2v) is 8.25. The lowest BCUT2D eigenvalue weighted by Crippen LogP contribution is -2.24. The topological polar surface area (TPSA) is 154 Å². The molecule has 0 aliphatic carbocycles. The molecule has 33 heavy (non-hydrogen) atoms. The van der Waals surface area contributed by atoms with Crippen LogP contribution in [0, 0.1) is 11.3 Å². The quantitative estimate of drug-likeness (QED) is 0.343. The highest BCUT2D eigenvalue weighted by Crippen LogP contribution is 2.31. The van der Waals surface area contributed by atoms with Crippen LogP contribution < -0.4 is 14.2 Å². The molecule has 1 N–H and O–H groups in total. The standard InChI is InChI=1S/C21H20N4O7S/c1-29-15-6-9-17(18(12-15)30-2)20-24-19(32-25-20)13-31-21(26)14-4-7-16(8-5-14)33(27,28)23-11-3-10-22/h4-9,12,23H,3,11,13H2,1-2H3. The van der Waals surface area contributed by atoms with E-state index in [4.69, 9.17) is 24.0 Å². The molecule has 0 saturated heterocycles. The maximum Gasteiger partial charge on any atom is 0.338 e. The van der Waals surface area contributed by atoms with Crippen LogP contribution in [0.4, 0.5) is 0 Å². The molecule has 0 atom stereocenters. The lowest BCUT2D eigenvalue weighted by Gasteiger charge is -2.07. The van der Waals surface area contributed by atoms with Crippen molar-refractivity contribution in [2.45, 2.75) is 17.9 Å². The highest BCUT2D eigenvalue weighted by atomic mass is 32.2. The normalized spacial score (nSPS) is 10.9. The first kappa shape index (κ1) is 23.7. The minimum Gasteiger partial charge on any atom is -0.497 e. The number of nitrogens with zero attached hydrogens (tertiary/aromatic N) is 3. The molecule has 3 rings (SSSR count). The number of carbonyl (C=O) groups is 1. The maximum atomic E-state index is 12.3. The molecule has 0 unspecified atom stereocenters. The lowest BCUT2D eigenvalue weighted by molar-refractivity contribution is 0.0429. The van der Waals surface area contributed by atoms with Gasteiger partial charge in [0.15, 0.2) is 6.61 Å².